The van der Waals surface area contributed by atoms with Crippen molar-refractivity contribution in [2.24, 2.45) is 11.7 Å². The van der Waals surface area contributed by atoms with Crippen molar-refractivity contribution >= 4 is 5.91 Å². The van der Waals surface area contributed by atoms with Crippen molar-refractivity contribution in [2.75, 3.05) is 7.11 Å². The van der Waals surface area contributed by atoms with E-state index < -0.39 is 0 Å². The largest absolute Gasteiger partial charge is 0.381 e. The van der Waals surface area contributed by atoms with E-state index in [-0.39, 0.29) is 23.9 Å². The molecule has 0 aromatic rings. The van der Waals surface area contributed by atoms with Crippen molar-refractivity contribution in [3.05, 3.63) is 0 Å². The summed E-state index contributed by atoms with van der Waals surface area (Å²) in [6.45, 7) is 3.70. The fraction of sp³-hybridized carbons (Fsp3) is 0.900. The van der Waals surface area contributed by atoms with Gasteiger partial charge in [-0.2, -0.15) is 0 Å². The van der Waals surface area contributed by atoms with Crippen LogP contribution in [0.2, 0.25) is 0 Å². The van der Waals surface area contributed by atoms with Gasteiger partial charge in [0.2, 0.25) is 5.91 Å². The van der Waals surface area contributed by atoms with Crippen LogP contribution < -0.4 is 11.1 Å². The number of carbonyl (C=O) groups excluding carboxylic acids is 1. The van der Waals surface area contributed by atoms with Crippen LogP contribution in [0.3, 0.4) is 0 Å². The number of methoxy groups -OCH3 is 1. The number of ether oxygens (including phenoxy) is 1. The van der Waals surface area contributed by atoms with E-state index in [1.165, 1.54) is 0 Å². The lowest BCUT2D eigenvalue weighted by molar-refractivity contribution is -0.127. The van der Waals surface area contributed by atoms with Crippen LogP contribution in [0.4, 0.5) is 0 Å². The van der Waals surface area contributed by atoms with Gasteiger partial charge in [0.15, 0.2) is 0 Å². The second-order valence-electron chi connectivity index (χ2n) is 4.18. The Morgan fingerprint density at radius 3 is 2.50 bits per heavy atom. The Bertz CT molecular complexity index is 200. The predicted octanol–water partition coefficient (Wildman–Crippen LogP) is 0.263. The maximum Gasteiger partial charge on any atom is 0.224 e. The first-order chi connectivity index (χ1) is 6.54. The molecule has 0 aromatic carbocycles. The van der Waals surface area contributed by atoms with Crippen LogP contribution in [0.1, 0.15) is 26.7 Å². The molecule has 82 valence electrons. The first-order valence-corrected chi connectivity index (χ1v) is 5.13. The fourth-order valence-electron chi connectivity index (χ4n) is 1.45. The van der Waals surface area contributed by atoms with Gasteiger partial charge in [-0.3, -0.25) is 4.79 Å². The highest BCUT2D eigenvalue weighted by Crippen LogP contribution is 2.22. The molecule has 1 aliphatic carbocycles. The number of carbonyl (C=O) groups is 1. The van der Waals surface area contributed by atoms with Crippen molar-refractivity contribution in [3.63, 3.8) is 0 Å². The van der Waals surface area contributed by atoms with Gasteiger partial charge >= 0.3 is 0 Å². The van der Waals surface area contributed by atoms with Crippen LogP contribution in [0, 0.1) is 5.92 Å². The van der Waals surface area contributed by atoms with Gasteiger partial charge in [0.1, 0.15) is 0 Å². The molecular weight excluding hydrogens is 180 g/mol. The smallest absolute Gasteiger partial charge is 0.224 e. The number of amides is 1. The lowest BCUT2D eigenvalue weighted by Crippen LogP contribution is -2.50. The zero-order chi connectivity index (χ0) is 10.7. The van der Waals surface area contributed by atoms with Crippen LogP contribution in [0.5, 0.6) is 0 Å². The monoisotopic (exact) mass is 200 g/mol. The van der Waals surface area contributed by atoms with E-state index in [9.17, 15) is 4.79 Å². The van der Waals surface area contributed by atoms with Gasteiger partial charge in [0.05, 0.1) is 6.10 Å². The third kappa shape index (κ3) is 2.69. The molecule has 2 atom stereocenters. The van der Waals surface area contributed by atoms with E-state index in [1.54, 1.807) is 7.11 Å². The summed E-state index contributed by atoms with van der Waals surface area (Å²) in [5, 5.41) is 2.96. The zero-order valence-corrected chi connectivity index (χ0v) is 9.12. The maximum atomic E-state index is 11.6. The molecule has 0 radical (unpaired) electrons. The third-order valence-corrected chi connectivity index (χ3v) is 2.98. The van der Waals surface area contributed by atoms with Gasteiger partial charge < -0.3 is 15.8 Å². The number of hydrogen-bond donors (Lipinski definition) is 2. The molecule has 14 heavy (non-hydrogen) atoms. The summed E-state index contributed by atoms with van der Waals surface area (Å²) < 4.78 is 5.13. The predicted molar refractivity (Wildman–Crippen MR) is 54.8 cm³/mol. The quantitative estimate of drug-likeness (QED) is 0.684. The van der Waals surface area contributed by atoms with Gasteiger partial charge in [0, 0.05) is 25.1 Å². The highest BCUT2D eigenvalue weighted by atomic mass is 16.5. The van der Waals surface area contributed by atoms with Crippen LogP contribution in [0.25, 0.3) is 0 Å². The Morgan fingerprint density at radius 1 is 1.50 bits per heavy atom. The molecule has 4 nitrogen and oxygen atoms in total. The summed E-state index contributed by atoms with van der Waals surface area (Å²) in [5.41, 5.74) is 5.64. The Hall–Kier alpha value is -0.610. The van der Waals surface area contributed by atoms with E-state index in [0.717, 1.165) is 12.8 Å². The van der Waals surface area contributed by atoms with E-state index in [1.807, 2.05) is 13.8 Å². The van der Waals surface area contributed by atoms with Crippen molar-refractivity contribution in [1.82, 2.24) is 5.32 Å². The molecule has 1 saturated carbocycles. The summed E-state index contributed by atoms with van der Waals surface area (Å²) in [6, 6.07) is 0.196. The van der Waals surface area contributed by atoms with Crippen LogP contribution >= 0.6 is 0 Å². The van der Waals surface area contributed by atoms with Gasteiger partial charge in [-0.05, 0) is 19.8 Å². The summed E-state index contributed by atoms with van der Waals surface area (Å²) >= 11 is 0. The topological polar surface area (TPSA) is 64.3 Å². The minimum Gasteiger partial charge on any atom is -0.381 e. The van der Waals surface area contributed by atoms with E-state index in [4.69, 9.17) is 10.5 Å². The van der Waals surface area contributed by atoms with Crippen LogP contribution in [-0.2, 0) is 9.53 Å². The molecule has 0 bridgehead atoms. The molecule has 3 N–H and O–H groups in total. The molecule has 1 fully saturated rings. The number of nitrogens with one attached hydrogen (secondary N) is 1. The van der Waals surface area contributed by atoms with Gasteiger partial charge in [-0.1, -0.05) is 6.92 Å². The number of hydrogen-bond acceptors (Lipinski definition) is 3. The van der Waals surface area contributed by atoms with Crippen molar-refractivity contribution in [2.45, 2.75) is 44.9 Å². The molecule has 0 saturated heterocycles. The van der Waals surface area contributed by atoms with Crippen molar-refractivity contribution in [1.29, 1.82) is 0 Å². The lowest BCUT2D eigenvalue weighted by Gasteiger charge is -2.35. The zero-order valence-electron chi connectivity index (χ0n) is 9.12. The Balaban J connectivity index is 2.22. The molecule has 0 heterocycles. The summed E-state index contributed by atoms with van der Waals surface area (Å²) in [5.74, 6) is -0.0591. The standard InChI is InChI=1S/C10H20N2O2/c1-6(7(2)11)10(13)12-8-4-9(5-8)14-3/h6-9H,4-5,11H2,1-3H3,(H,12,13). The fourth-order valence-corrected chi connectivity index (χ4v) is 1.45. The molecule has 1 amide bonds. The highest BCUT2D eigenvalue weighted by Gasteiger charge is 2.31. The molecular formula is C10H20N2O2. The summed E-state index contributed by atoms with van der Waals surface area (Å²) in [7, 11) is 1.70. The second-order valence-corrected chi connectivity index (χ2v) is 4.18. The molecule has 1 rings (SSSR count). The maximum absolute atomic E-state index is 11.6. The summed E-state index contributed by atoms with van der Waals surface area (Å²) in [4.78, 5) is 11.6. The van der Waals surface area contributed by atoms with Gasteiger partial charge in [-0.15, -0.1) is 0 Å². The summed E-state index contributed by atoms with van der Waals surface area (Å²) in [6.07, 6.45) is 2.17. The second kappa shape index (κ2) is 4.75. The van der Waals surface area contributed by atoms with E-state index in [0.29, 0.717) is 6.10 Å². The Kier molecular flexibility index (Phi) is 3.89. The van der Waals surface area contributed by atoms with E-state index >= 15 is 0 Å². The first kappa shape index (κ1) is 11.5. The van der Waals surface area contributed by atoms with Crippen molar-refractivity contribution < 1.29 is 9.53 Å². The highest BCUT2D eigenvalue weighted by molar-refractivity contribution is 5.79. The minimum absolute atomic E-state index is 0.0551. The normalized spacial score (nSPS) is 30.3. The molecule has 0 spiro atoms. The molecule has 0 aliphatic heterocycles. The average molecular weight is 200 g/mol. The third-order valence-electron chi connectivity index (χ3n) is 2.98. The first-order valence-electron chi connectivity index (χ1n) is 5.13. The average Bonchev–Trinajstić information content (AvgIpc) is 2.08. The lowest BCUT2D eigenvalue weighted by atomic mass is 9.88. The number of nitrogens with two attached hydrogens (primary N) is 1. The minimum atomic E-state index is -0.114. The van der Waals surface area contributed by atoms with E-state index in [2.05, 4.69) is 5.32 Å². The number of rotatable bonds is 4. The van der Waals surface area contributed by atoms with Gasteiger partial charge in [-0.25, -0.2) is 0 Å². The van der Waals surface area contributed by atoms with Crippen LogP contribution in [-0.4, -0.2) is 31.2 Å². The molecule has 1 aliphatic rings. The SMILES string of the molecule is COC1CC(NC(=O)C(C)C(C)N)C1. The van der Waals surface area contributed by atoms with Crippen molar-refractivity contribution in [3.8, 4) is 0 Å². The molecule has 2 unspecified atom stereocenters. The molecule has 4 heteroatoms. The van der Waals surface area contributed by atoms with Gasteiger partial charge in [0.25, 0.3) is 0 Å². The Labute approximate surface area is 85.2 Å². The Morgan fingerprint density at radius 2 is 2.07 bits per heavy atom. The van der Waals surface area contributed by atoms with Crippen LogP contribution in [0.15, 0.2) is 0 Å². The molecule has 0 aromatic heterocycles.